The zero-order valence-corrected chi connectivity index (χ0v) is 16.1. The van der Waals surface area contributed by atoms with Crippen molar-refractivity contribution in [1.82, 2.24) is 0 Å². The van der Waals surface area contributed by atoms with Crippen LogP contribution in [-0.2, 0) is 18.3 Å². The lowest BCUT2D eigenvalue weighted by atomic mass is 9.86. The number of benzene rings is 2. The van der Waals surface area contributed by atoms with Crippen LogP contribution in [0.1, 0.15) is 61.2 Å². The molecule has 2 aromatic carbocycles. The Kier molecular flexibility index (Phi) is 4.92. The minimum absolute atomic E-state index is 0.0927. The van der Waals surface area contributed by atoms with Crippen molar-refractivity contribution < 1.29 is 13.9 Å². The smallest absolute Gasteiger partial charge is 0.167 e. The molecule has 0 radical (unpaired) electrons. The Balaban J connectivity index is 1.73. The Hall–Kier alpha value is -2.16. The molecule has 0 bridgehead atoms. The number of fused-ring (bicyclic) bond motifs is 1. The van der Waals surface area contributed by atoms with Crippen LogP contribution in [0.5, 0.6) is 5.75 Å². The molecule has 26 heavy (non-hydrogen) atoms. The van der Waals surface area contributed by atoms with E-state index in [0.29, 0.717) is 24.2 Å². The molecule has 2 nitrogen and oxygen atoms in total. The summed E-state index contributed by atoms with van der Waals surface area (Å²) >= 11 is 0. The van der Waals surface area contributed by atoms with Gasteiger partial charge in [-0.05, 0) is 60.1 Å². The number of carbonyl (C=O) groups is 1. The SMILES string of the molecule is CC1(C[18F])CCc2cc(C(=O)Cc3ccc(C(C)(C)C)cc3)ccc2O1. The topological polar surface area (TPSA) is 26.3 Å². The summed E-state index contributed by atoms with van der Waals surface area (Å²) in [5.74, 6) is 0.789. The largest absolute Gasteiger partial charge is 0.485 e. The Morgan fingerprint density at radius 3 is 2.46 bits per heavy atom. The fraction of sp³-hybridized carbons (Fsp3) is 0.435. The number of Topliss-reactive ketones (excluding diaryl/α,β-unsaturated/α-hetero) is 1. The maximum absolute atomic E-state index is 13.1. The van der Waals surface area contributed by atoms with E-state index in [1.807, 2.05) is 18.2 Å². The zero-order valence-electron chi connectivity index (χ0n) is 16.1. The van der Waals surface area contributed by atoms with Gasteiger partial charge in [-0.25, -0.2) is 4.39 Å². The van der Waals surface area contributed by atoms with Crippen molar-refractivity contribution in [3.8, 4) is 5.75 Å². The molecule has 1 unspecified atom stereocenters. The third kappa shape index (κ3) is 3.98. The first-order valence-corrected chi connectivity index (χ1v) is 9.21. The number of halogens is 1. The number of hydrogen-bond donors (Lipinski definition) is 0. The van der Waals surface area contributed by atoms with Crippen LogP contribution >= 0.6 is 0 Å². The van der Waals surface area contributed by atoms with Gasteiger partial charge in [0.15, 0.2) is 5.78 Å². The quantitative estimate of drug-likeness (QED) is 0.682. The van der Waals surface area contributed by atoms with Gasteiger partial charge in [0.2, 0.25) is 0 Å². The van der Waals surface area contributed by atoms with Crippen LogP contribution in [-0.4, -0.2) is 18.1 Å². The lowest BCUT2D eigenvalue weighted by Gasteiger charge is -2.33. The molecule has 0 amide bonds. The third-order valence-corrected chi connectivity index (χ3v) is 5.13. The maximum Gasteiger partial charge on any atom is 0.167 e. The van der Waals surface area contributed by atoms with E-state index in [2.05, 4.69) is 32.9 Å². The molecule has 0 spiro atoms. The second kappa shape index (κ2) is 6.86. The first-order chi connectivity index (χ1) is 12.2. The highest BCUT2D eigenvalue weighted by Crippen LogP contribution is 2.34. The average Bonchev–Trinajstić information content (AvgIpc) is 2.61. The molecule has 2 aromatic rings. The molecule has 0 N–H and O–H groups in total. The number of aryl methyl sites for hydroxylation is 1. The Morgan fingerprint density at radius 1 is 1.15 bits per heavy atom. The zero-order chi connectivity index (χ0) is 18.9. The molecule has 1 aliphatic rings. The van der Waals surface area contributed by atoms with Gasteiger partial charge in [0.25, 0.3) is 0 Å². The molecule has 3 rings (SSSR count). The standard InChI is InChI=1S/C23H27FO2/c1-22(2,3)19-8-5-16(6-9-19)13-20(25)17-7-10-21-18(14-17)11-12-23(4,15-24)26-21/h5-10,14H,11-13,15H2,1-4H3/i24-1. The van der Waals surface area contributed by atoms with Gasteiger partial charge in [-0.15, -0.1) is 0 Å². The Bertz CT molecular complexity index is 802. The predicted molar refractivity (Wildman–Crippen MR) is 103 cm³/mol. The lowest BCUT2D eigenvalue weighted by Crippen LogP contribution is -2.38. The van der Waals surface area contributed by atoms with Gasteiger partial charge < -0.3 is 4.74 Å². The molecular formula is C23H27FO2. The number of alkyl halides is 1. The van der Waals surface area contributed by atoms with Crippen LogP contribution in [0.15, 0.2) is 42.5 Å². The second-order valence-electron chi connectivity index (χ2n) is 8.55. The molecule has 0 aliphatic carbocycles. The highest BCUT2D eigenvalue weighted by atomic mass is 18.2. The molecule has 0 saturated carbocycles. The van der Waals surface area contributed by atoms with E-state index in [1.54, 1.807) is 19.1 Å². The van der Waals surface area contributed by atoms with Crippen LogP contribution in [0.4, 0.5) is 4.39 Å². The highest BCUT2D eigenvalue weighted by molar-refractivity contribution is 5.97. The van der Waals surface area contributed by atoms with Crippen molar-refractivity contribution in [3.05, 3.63) is 64.7 Å². The number of rotatable bonds is 4. The summed E-state index contributed by atoms with van der Waals surface area (Å²) < 4.78 is 18.9. The summed E-state index contributed by atoms with van der Waals surface area (Å²) in [7, 11) is 0. The third-order valence-electron chi connectivity index (χ3n) is 5.13. The van der Waals surface area contributed by atoms with Gasteiger partial charge >= 0.3 is 0 Å². The fourth-order valence-corrected chi connectivity index (χ4v) is 3.27. The number of ether oxygens (including phenoxy) is 1. The van der Waals surface area contributed by atoms with E-state index in [9.17, 15) is 9.18 Å². The fourth-order valence-electron chi connectivity index (χ4n) is 3.27. The van der Waals surface area contributed by atoms with Crippen molar-refractivity contribution >= 4 is 5.78 Å². The van der Waals surface area contributed by atoms with E-state index in [0.717, 1.165) is 17.5 Å². The molecule has 0 aromatic heterocycles. The monoisotopic (exact) mass is 353 g/mol. The molecule has 1 atom stereocenters. The molecule has 0 fully saturated rings. The van der Waals surface area contributed by atoms with Crippen LogP contribution in [0.2, 0.25) is 0 Å². The van der Waals surface area contributed by atoms with Crippen LogP contribution in [0, 0.1) is 0 Å². The Morgan fingerprint density at radius 2 is 1.85 bits per heavy atom. The van der Waals surface area contributed by atoms with E-state index in [4.69, 9.17) is 4.74 Å². The van der Waals surface area contributed by atoms with Crippen molar-refractivity contribution in [3.63, 3.8) is 0 Å². The minimum Gasteiger partial charge on any atom is -0.485 e. The van der Waals surface area contributed by atoms with Gasteiger partial charge in [0.1, 0.15) is 18.0 Å². The lowest BCUT2D eigenvalue weighted by molar-refractivity contribution is 0.0392. The van der Waals surface area contributed by atoms with Crippen molar-refractivity contribution in [2.75, 3.05) is 6.67 Å². The second-order valence-corrected chi connectivity index (χ2v) is 8.55. The maximum atomic E-state index is 13.1. The van der Waals surface area contributed by atoms with Crippen LogP contribution in [0.3, 0.4) is 0 Å². The number of hydrogen-bond acceptors (Lipinski definition) is 2. The van der Waals surface area contributed by atoms with Gasteiger partial charge in [0, 0.05) is 12.0 Å². The summed E-state index contributed by atoms with van der Waals surface area (Å²) in [6, 6.07) is 13.8. The van der Waals surface area contributed by atoms with Gasteiger partial charge in [-0.2, -0.15) is 0 Å². The number of carbonyl (C=O) groups excluding carboxylic acids is 1. The van der Waals surface area contributed by atoms with Crippen LogP contribution in [0.25, 0.3) is 0 Å². The summed E-state index contributed by atoms with van der Waals surface area (Å²) in [5.41, 5.74) is 3.32. The summed E-state index contributed by atoms with van der Waals surface area (Å²) in [6.07, 6.45) is 1.74. The number of ketones is 1. The minimum atomic E-state index is -0.743. The first kappa shape index (κ1) is 18.6. The molecule has 0 saturated heterocycles. The normalized spacial score (nSPS) is 19.6. The van der Waals surface area contributed by atoms with Crippen molar-refractivity contribution in [1.29, 1.82) is 0 Å². The summed E-state index contributed by atoms with van der Waals surface area (Å²) in [6.45, 7) is 7.82. The molecular weight excluding hydrogens is 326 g/mol. The van der Waals surface area contributed by atoms with E-state index in [-0.39, 0.29) is 11.2 Å². The van der Waals surface area contributed by atoms with E-state index < -0.39 is 12.3 Å². The molecule has 3 heteroatoms. The van der Waals surface area contributed by atoms with Gasteiger partial charge in [-0.1, -0.05) is 45.0 Å². The van der Waals surface area contributed by atoms with E-state index in [1.165, 1.54) is 5.56 Å². The summed E-state index contributed by atoms with van der Waals surface area (Å²) in [5, 5.41) is 0. The van der Waals surface area contributed by atoms with Gasteiger partial charge in [0.05, 0.1) is 0 Å². The summed E-state index contributed by atoms with van der Waals surface area (Å²) in [4.78, 5) is 12.7. The first-order valence-electron chi connectivity index (χ1n) is 9.21. The highest BCUT2D eigenvalue weighted by Gasteiger charge is 2.31. The van der Waals surface area contributed by atoms with Crippen molar-refractivity contribution in [2.45, 2.75) is 58.0 Å². The Labute approximate surface area is 155 Å². The molecule has 1 aliphatic heterocycles. The van der Waals surface area contributed by atoms with Gasteiger partial charge in [-0.3, -0.25) is 4.79 Å². The molecule has 1 heterocycles. The predicted octanol–water partition coefficient (Wildman–Crippen LogP) is 5.46. The van der Waals surface area contributed by atoms with Crippen LogP contribution < -0.4 is 4.74 Å². The van der Waals surface area contributed by atoms with Crippen molar-refractivity contribution in [2.24, 2.45) is 0 Å². The molecule has 138 valence electrons. The van der Waals surface area contributed by atoms with E-state index >= 15 is 0 Å². The average molecular weight is 353 g/mol.